The number of rotatable bonds is 7. The average molecular weight is 618 g/mol. The summed E-state index contributed by atoms with van der Waals surface area (Å²) in [6, 6.07) is 4.24. The van der Waals surface area contributed by atoms with E-state index in [0.717, 1.165) is 53.5 Å². The first-order chi connectivity index (χ1) is 21.7. The zero-order valence-corrected chi connectivity index (χ0v) is 26.0. The molecule has 2 fully saturated rings. The molecule has 4 aliphatic rings. The van der Waals surface area contributed by atoms with Crippen LogP contribution in [0.1, 0.15) is 42.5 Å². The Labute approximate surface area is 263 Å². The molecule has 6 rings (SSSR count). The minimum absolute atomic E-state index is 0.0605. The van der Waals surface area contributed by atoms with Gasteiger partial charge in [-0.25, -0.2) is 9.37 Å². The van der Waals surface area contributed by atoms with Crippen LogP contribution in [-0.2, 0) is 28.9 Å². The summed E-state index contributed by atoms with van der Waals surface area (Å²) in [6.45, 7) is 6.97. The molecular weight excluding hydrogens is 577 g/mol. The lowest BCUT2D eigenvalue weighted by Gasteiger charge is -2.41. The van der Waals surface area contributed by atoms with E-state index in [0.29, 0.717) is 70.5 Å². The molecule has 4 aliphatic heterocycles. The Morgan fingerprint density at radius 2 is 1.89 bits per heavy atom. The number of nitriles is 1. The number of amides is 2. The van der Waals surface area contributed by atoms with Crippen LogP contribution in [0, 0.1) is 11.3 Å². The van der Waals surface area contributed by atoms with Gasteiger partial charge in [-0.1, -0.05) is 6.58 Å². The van der Waals surface area contributed by atoms with Crippen molar-refractivity contribution in [1.82, 2.24) is 24.8 Å². The number of piperazine rings is 1. The van der Waals surface area contributed by atoms with Crippen LogP contribution < -0.4 is 19.4 Å². The van der Waals surface area contributed by atoms with Crippen molar-refractivity contribution in [2.45, 2.75) is 57.0 Å². The molecule has 2 saturated heterocycles. The van der Waals surface area contributed by atoms with Crippen LogP contribution in [0.2, 0.25) is 0 Å². The van der Waals surface area contributed by atoms with Gasteiger partial charge in [0.1, 0.15) is 12.4 Å². The SMILES string of the molecule is C=C(F)C(=O)N1CCN(c2nc(OC[C@@H]3CCCN3C)nc3c2CCN(c2nccc4c2N(C)C(=O)CC4)CC3)C[C@@H]1CC#N. The van der Waals surface area contributed by atoms with Gasteiger partial charge in [0.15, 0.2) is 11.6 Å². The van der Waals surface area contributed by atoms with Gasteiger partial charge in [0, 0.05) is 70.4 Å². The molecule has 0 unspecified atom stereocenters. The summed E-state index contributed by atoms with van der Waals surface area (Å²) in [5.41, 5.74) is 3.86. The summed E-state index contributed by atoms with van der Waals surface area (Å²) in [5, 5.41) is 9.53. The first-order valence-corrected chi connectivity index (χ1v) is 15.7. The molecule has 0 aliphatic carbocycles. The number of hydrogen-bond acceptors (Lipinski definition) is 10. The smallest absolute Gasteiger partial charge is 0.318 e. The fraction of sp³-hybridized carbons (Fsp3) is 0.562. The molecule has 0 saturated carbocycles. The van der Waals surface area contributed by atoms with E-state index in [1.165, 1.54) is 4.90 Å². The summed E-state index contributed by atoms with van der Waals surface area (Å²) in [5.74, 6) is -0.212. The number of pyridine rings is 1. The van der Waals surface area contributed by atoms with Crippen molar-refractivity contribution >= 4 is 29.1 Å². The van der Waals surface area contributed by atoms with Crippen LogP contribution in [-0.4, -0.2) is 109 Å². The number of anilines is 3. The van der Waals surface area contributed by atoms with Crippen LogP contribution in [0.5, 0.6) is 6.01 Å². The Morgan fingerprint density at radius 1 is 1.07 bits per heavy atom. The third kappa shape index (κ3) is 6.16. The molecule has 0 radical (unpaired) electrons. The molecule has 2 atom stereocenters. The molecule has 12 nitrogen and oxygen atoms in total. The standard InChI is InChI=1S/C32H40FN9O3/c1-21(33)31(44)42-18-17-41(19-23(42)8-12-34)29-25-10-15-40(30-28-22(9-13-35-30)6-7-27(43)39(28)3)16-11-26(25)36-32(37-29)45-20-24-5-4-14-38(24)2/h9,13,23-24H,1,4-8,10-11,14-20H2,2-3H3/t23-,24-/m0/s1. The highest BCUT2D eigenvalue weighted by atomic mass is 19.1. The second-order valence-electron chi connectivity index (χ2n) is 12.3. The summed E-state index contributed by atoms with van der Waals surface area (Å²) in [4.78, 5) is 49.5. The highest BCUT2D eigenvalue weighted by Gasteiger charge is 2.35. The predicted octanol–water partition coefficient (Wildman–Crippen LogP) is 2.27. The minimum atomic E-state index is -1.03. The van der Waals surface area contributed by atoms with Gasteiger partial charge in [0.2, 0.25) is 5.91 Å². The molecule has 0 spiro atoms. The Morgan fingerprint density at radius 3 is 2.64 bits per heavy atom. The number of halogens is 1. The molecule has 0 N–H and O–H groups in total. The van der Waals surface area contributed by atoms with Crippen molar-refractivity contribution in [1.29, 1.82) is 5.26 Å². The fourth-order valence-corrected chi connectivity index (χ4v) is 7.02. The van der Waals surface area contributed by atoms with E-state index in [1.807, 2.05) is 19.3 Å². The number of aromatic nitrogens is 3. The van der Waals surface area contributed by atoms with Crippen LogP contribution in [0.25, 0.3) is 0 Å². The maximum Gasteiger partial charge on any atom is 0.318 e. The third-order valence-corrected chi connectivity index (χ3v) is 9.58. The van der Waals surface area contributed by atoms with E-state index < -0.39 is 17.8 Å². The lowest BCUT2D eigenvalue weighted by Crippen LogP contribution is -2.55. The van der Waals surface area contributed by atoms with Gasteiger partial charge >= 0.3 is 6.01 Å². The molecule has 2 aromatic rings. The maximum absolute atomic E-state index is 13.9. The van der Waals surface area contributed by atoms with Crippen molar-refractivity contribution in [3.8, 4) is 12.1 Å². The van der Waals surface area contributed by atoms with Gasteiger partial charge in [0.05, 0.1) is 29.9 Å². The number of carbonyl (C=O) groups is 2. The number of ether oxygens (including phenoxy) is 1. The van der Waals surface area contributed by atoms with Gasteiger partial charge in [-0.3, -0.25) is 9.59 Å². The van der Waals surface area contributed by atoms with Crippen molar-refractivity contribution in [2.24, 2.45) is 0 Å². The lowest BCUT2D eigenvalue weighted by atomic mass is 10.0. The largest absolute Gasteiger partial charge is 0.462 e. The summed E-state index contributed by atoms with van der Waals surface area (Å²) < 4.78 is 20.1. The molecular formula is C32H40FN9O3. The first kappa shape index (κ1) is 30.7. The molecule has 2 aromatic heterocycles. The number of likely N-dealkylation sites (tertiary alicyclic amines) is 1. The number of carbonyl (C=O) groups excluding carboxylic acids is 2. The quantitative estimate of drug-likeness (QED) is 0.428. The van der Waals surface area contributed by atoms with E-state index in [2.05, 4.69) is 34.4 Å². The number of likely N-dealkylation sites (N-methyl/N-ethyl adjacent to an activating group) is 1. The van der Waals surface area contributed by atoms with Crippen LogP contribution in [0.15, 0.2) is 24.7 Å². The first-order valence-electron chi connectivity index (χ1n) is 15.7. The van der Waals surface area contributed by atoms with E-state index in [4.69, 9.17) is 19.7 Å². The minimum Gasteiger partial charge on any atom is -0.462 e. The van der Waals surface area contributed by atoms with Gasteiger partial charge in [-0.05, 0) is 50.9 Å². The molecule has 2 amide bonds. The highest BCUT2D eigenvalue weighted by Crippen LogP contribution is 2.37. The molecule has 0 aromatic carbocycles. The lowest BCUT2D eigenvalue weighted by molar-refractivity contribution is -0.131. The zero-order chi connectivity index (χ0) is 31.7. The Kier molecular flexibility index (Phi) is 8.85. The predicted molar refractivity (Wildman–Crippen MR) is 167 cm³/mol. The average Bonchev–Trinajstić information content (AvgIpc) is 3.33. The van der Waals surface area contributed by atoms with E-state index in [9.17, 15) is 19.2 Å². The molecule has 45 heavy (non-hydrogen) atoms. The van der Waals surface area contributed by atoms with Gasteiger partial charge in [-0.15, -0.1) is 0 Å². The normalized spacial score (nSPS) is 22.0. The second-order valence-corrected chi connectivity index (χ2v) is 12.3. The number of hydrogen-bond donors (Lipinski definition) is 0. The Hall–Kier alpha value is -4.31. The van der Waals surface area contributed by atoms with E-state index >= 15 is 0 Å². The van der Waals surface area contributed by atoms with Gasteiger partial charge in [-0.2, -0.15) is 15.2 Å². The molecule has 0 bridgehead atoms. The topological polar surface area (TPSA) is 122 Å². The fourth-order valence-electron chi connectivity index (χ4n) is 7.02. The monoisotopic (exact) mass is 617 g/mol. The second kappa shape index (κ2) is 13.0. The van der Waals surface area contributed by atoms with Crippen LogP contribution in [0.3, 0.4) is 0 Å². The van der Waals surface area contributed by atoms with Crippen molar-refractivity contribution in [3.63, 3.8) is 0 Å². The number of aryl methyl sites for hydroxylation is 1. The van der Waals surface area contributed by atoms with Crippen molar-refractivity contribution < 1.29 is 18.7 Å². The summed E-state index contributed by atoms with van der Waals surface area (Å²) in [6.07, 6.45) is 6.49. The number of nitrogens with zero attached hydrogens (tertiary/aromatic N) is 9. The molecule has 238 valence electrons. The van der Waals surface area contributed by atoms with Gasteiger partial charge in [0.25, 0.3) is 5.91 Å². The third-order valence-electron chi connectivity index (χ3n) is 9.58. The Balaban J connectivity index is 1.31. The van der Waals surface area contributed by atoms with Crippen molar-refractivity contribution in [3.05, 3.63) is 41.5 Å². The number of fused-ring (bicyclic) bond motifs is 2. The van der Waals surface area contributed by atoms with Crippen LogP contribution >= 0.6 is 0 Å². The maximum atomic E-state index is 13.9. The van der Waals surface area contributed by atoms with Crippen molar-refractivity contribution in [2.75, 3.05) is 74.7 Å². The van der Waals surface area contributed by atoms with E-state index in [1.54, 1.807) is 4.90 Å². The van der Waals surface area contributed by atoms with Gasteiger partial charge < -0.3 is 29.2 Å². The van der Waals surface area contributed by atoms with Crippen LogP contribution in [0.4, 0.5) is 21.7 Å². The Bertz CT molecular complexity index is 1530. The molecule has 6 heterocycles. The molecule has 13 heteroatoms. The summed E-state index contributed by atoms with van der Waals surface area (Å²) >= 11 is 0. The highest BCUT2D eigenvalue weighted by molar-refractivity contribution is 5.99. The zero-order valence-electron chi connectivity index (χ0n) is 26.0. The summed E-state index contributed by atoms with van der Waals surface area (Å²) in [7, 11) is 3.91. The van der Waals surface area contributed by atoms with E-state index in [-0.39, 0.29) is 18.9 Å².